The normalized spacial score (nSPS) is 18.7. The van der Waals surface area contributed by atoms with Gasteiger partial charge in [0.1, 0.15) is 0 Å². The molecule has 13 heavy (non-hydrogen) atoms. The van der Waals surface area contributed by atoms with Crippen molar-refractivity contribution < 1.29 is 4.79 Å². The summed E-state index contributed by atoms with van der Waals surface area (Å²) in [4.78, 5) is 11.3. The quantitative estimate of drug-likeness (QED) is 0.714. The van der Waals surface area contributed by atoms with Crippen LogP contribution in [-0.4, -0.2) is 29.6 Å². The lowest BCUT2D eigenvalue weighted by Gasteiger charge is -2.23. The molecule has 1 fully saturated rings. The number of amides is 2. The van der Waals surface area contributed by atoms with Crippen molar-refractivity contribution in [3.8, 4) is 0 Å². The maximum absolute atomic E-state index is 11.3. The van der Waals surface area contributed by atoms with E-state index in [1.54, 1.807) is 0 Å². The fraction of sp³-hybridized carbons (Fsp3) is 0.889. The van der Waals surface area contributed by atoms with Crippen LogP contribution in [0.25, 0.3) is 0 Å². The summed E-state index contributed by atoms with van der Waals surface area (Å²) in [6, 6.07) is 0.588. The average molecular weight is 202 g/mol. The molecule has 0 aromatic heterocycles. The minimum Gasteiger partial charge on any atom is -0.336 e. The highest BCUT2D eigenvalue weighted by atomic mass is 32.2. The smallest absolute Gasteiger partial charge is 0.315 e. The molecule has 0 radical (unpaired) electrons. The van der Waals surface area contributed by atoms with Gasteiger partial charge in [-0.15, -0.1) is 0 Å². The Hall–Kier alpha value is -0.380. The van der Waals surface area contributed by atoms with Crippen molar-refractivity contribution >= 4 is 17.8 Å². The lowest BCUT2D eigenvalue weighted by Crippen LogP contribution is -2.45. The van der Waals surface area contributed by atoms with Crippen LogP contribution < -0.4 is 10.6 Å². The summed E-state index contributed by atoms with van der Waals surface area (Å²) in [5.74, 6) is 2.35. The Labute approximate surface area is 84.0 Å². The third-order valence-corrected chi connectivity index (χ3v) is 3.03. The van der Waals surface area contributed by atoms with Crippen LogP contribution in [0, 0.1) is 0 Å². The zero-order valence-electron chi connectivity index (χ0n) is 8.30. The lowest BCUT2D eigenvalue weighted by atomic mass is 10.2. The van der Waals surface area contributed by atoms with Crippen molar-refractivity contribution in [2.24, 2.45) is 0 Å². The van der Waals surface area contributed by atoms with Gasteiger partial charge in [0.2, 0.25) is 0 Å². The van der Waals surface area contributed by atoms with Crippen molar-refractivity contribution in [3.63, 3.8) is 0 Å². The van der Waals surface area contributed by atoms with Crippen LogP contribution in [0.3, 0.4) is 0 Å². The number of nitrogens with one attached hydrogen (secondary N) is 2. The predicted molar refractivity (Wildman–Crippen MR) is 57.2 cm³/mol. The van der Waals surface area contributed by atoms with Crippen LogP contribution in [0.15, 0.2) is 0 Å². The van der Waals surface area contributed by atoms with Crippen molar-refractivity contribution in [2.45, 2.75) is 38.8 Å². The monoisotopic (exact) mass is 202 g/mol. The Morgan fingerprint density at radius 1 is 1.38 bits per heavy atom. The summed E-state index contributed by atoms with van der Waals surface area (Å²) in [7, 11) is 0. The molecule has 1 rings (SSSR count). The molecule has 1 heterocycles. The Bertz CT molecular complexity index is 167. The molecule has 2 amide bonds. The SMILES string of the molecule is CC(C)NC(=O)NC1CCSCC1. The van der Waals surface area contributed by atoms with Gasteiger partial charge < -0.3 is 10.6 Å². The first kappa shape index (κ1) is 10.7. The molecular weight excluding hydrogens is 184 g/mol. The average Bonchev–Trinajstić information content (AvgIpc) is 2.04. The number of thioether (sulfide) groups is 1. The third kappa shape index (κ3) is 4.41. The molecule has 76 valence electrons. The van der Waals surface area contributed by atoms with Crippen LogP contribution >= 0.6 is 11.8 Å². The van der Waals surface area contributed by atoms with E-state index >= 15 is 0 Å². The van der Waals surface area contributed by atoms with Crippen molar-refractivity contribution in [3.05, 3.63) is 0 Å². The van der Waals surface area contributed by atoms with E-state index < -0.39 is 0 Å². The van der Waals surface area contributed by atoms with Gasteiger partial charge in [0.25, 0.3) is 0 Å². The molecule has 1 saturated heterocycles. The molecule has 0 aromatic carbocycles. The molecule has 0 unspecified atom stereocenters. The van der Waals surface area contributed by atoms with Gasteiger partial charge in [-0.05, 0) is 38.2 Å². The molecule has 0 spiro atoms. The van der Waals surface area contributed by atoms with Crippen molar-refractivity contribution in [2.75, 3.05) is 11.5 Å². The molecule has 0 aliphatic carbocycles. The Kier molecular flexibility index (Phi) is 4.42. The largest absolute Gasteiger partial charge is 0.336 e. The fourth-order valence-corrected chi connectivity index (χ4v) is 2.44. The summed E-state index contributed by atoms with van der Waals surface area (Å²) in [6.45, 7) is 3.94. The van der Waals surface area contributed by atoms with Crippen LogP contribution in [-0.2, 0) is 0 Å². The van der Waals surface area contributed by atoms with Gasteiger partial charge in [-0.2, -0.15) is 11.8 Å². The van der Waals surface area contributed by atoms with Gasteiger partial charge in [-0.3, -0.25) is 0 Å². The van der Waals surface area contributed by atoms with Crippen LogP contribution in [0.5, 0.6) is 0 Å². The summed E-state index contributed by atoms with van der Waals surface area (Å²) in [5.41, 5.74) is 0. The highest BCUT2D eigenvalue weighted by molar-refractivity contribution is 7.99. The van der Waals surface area contributed by atoms with Crippen LogP contribution in [0.1, 0.15) is 26.7 Å². The summed E-state index contributed by atoms with van der Waals surface area (Å²) in [6.07, 6.45) is 2.21. The van der Waals surface area contributed by atoms with Gasteiger partial charge in [0, 0.05) is 12.1 Å². The maximum atomic E-state index is 11.3. The molecule has 0 bridgehead atoms. The zero-order valence-corrected chi connectivity index (χ0v) is 9.12. The highest BCUT2D eigenvalue weighted by Gasteiger charge is 2.15. The topological polar surface area (TPSA) is 41.1 Å². The number of rotatable bonds is 2. The Balaban J connectivity index is 2.18. The van der Waals surface area contributed by atoms with E-state index in [1.165, 1.54) is 11.5 Å². The first-order chi connectivity index (χ1) is 6.18. The van der Waals surface area contributed by atoms with Gasteiger partial charge in [0.05, 0.1) is 0 Å². The molecule has 4 heteroatoms. The van der Waals surface area contributed by atoms with E-state index in [9.17, 15) is 4.79 Å². The second-order valence-corrected chi connectivity index (χ2v) is 4.88. The second kappa shape index (κ2) is 5.37. The van der Waals surface area contributed by atoms with Crippen molar-refractivity contribution in [1.29, 1.82) is 0 Å². The number of hydrogen-bond acceptors (Lipinski definition) is 2. The minimum atomic E-state index is -0.0214. The molecule has 1 aliphatic rings. The summed E-state index contributed by atoms with van der Waals surface area (Å²) in [5, 5.41) is 5.82. The number of hydrogen-bond donors (Lipinski definition) is 2. The summed E-state index contributed by atoms with van der Waals surface area (Å²) >= 11 is 1.97. The second-order valence-electron chi connectivity index (χ2n) is 3.66. The number of carbonyl (C=O) groups is 1. The van der Waals surface area contributed by atoms with Gasteiger partial charge in [-0.1, -0.05) is 0 Å². The van der Waals surface area contributed by atoms with E-state index in [1.807, 2.05) is 25.6 Å². The van der Waals surface area contributed by atoms with E-state index in [-0.39, 0.29) is 12.1 Å². The maximum Gasteiger partial charge on any atom is 0.315 e. The van der Waals surface area contributed by atoms with E-state index in [2.05, 4.69) is 10.6 Å². The van der Waals surface area contributed by atoms with Gasteiger partial charge in [0.15, 0.2) is 0 Å². The molecule has 1 aliphatic heterocycles. The zero-order chi connectivity index (χ0) is 9.68. The number of urea groups is 1. The van der Waals surface area contributed by atoms with Crippen LogP contribution in [0.4, 0.5) is 4.79 Å². The lowest BCUT2D eigenvalue weighted by molar-refractivity contribution is 0.234. The van der Waals surface area contributed by atoms with E-state index in [0.29, 0.717) is 6.04 Å². The molecule has 0 atom stereocenters. The van der Waals surface area contributed by atoms with Gasteiger partial charge in [-0.25, -0.2) is 4.79 Å². The minimum absolute atomic E-state index is 0.0214. The molecular formula is C9H18N2OS. The summed E-state index contributed by atoms with van der Waals surface area (Å²) < 4.78 is 0. The van der Waals surface area contributed by atoms with Crippen LogP contribution in [0.2, 0.25) is 0 Å². The molecule has 0 saturated carbocycles. The predicted octanol–water partition coefficient (Wildman–Crippen LogP) is 1.59. The van der Waals surface area contributed by atoms with E-state index in [0.717, 1.165) is 12.8 Å². The van der Waals surface area contributed by atoms with Gasteiger partial charge >= 0.3 is 6.03 Å². The molecule has 2 N–H and O–H groups in total. The first-order valence-electron chi connectivity index (χ1n) is 4.83. The third-order valence-electron chi connectivity index (χ3n) is 1.98. The first-order valence-corrected chi connectivity index (χ1v) is 5.98. The standard InChI is InChI=1S/C9H18N2OS/c1-7(2)10-9(12)11-8-3-5-13-6-4-8/h7-8H,3-6H2,1-2H3,(H2,10,11,12). The fourth-order valence-electron chi connectivity index (χ4n) is 1.33. The molecule has 0 aromatic rings. The van der Waals surface area contributed by atoms with Crippen molar-refractivity contribution in [1.82, 2.24) is 10.6 Å². The Morgan fingerprint density at radius 2 is 2.00 bits per heavy atom. The van der Waals surface area contributed by atoms with E-state index in [4.69, 9.17) is 0 Å². The Morgan fingerprint density at radius 3 is 2.54 bits per heavy atom. The molecule has 3 nitrogen and oxygen atoms in total. The highest BCUT2D eigenvalue weighted by Crippen LogP contribution is 2.16. The number of carbonyl (C=O) groups excluding carboxylic acids is 1.